The van der Waals surface area contributed by atoms with Crippen molar-refractivity contribution in [3.8, 4) is 6.07 Å². The third-order valence-corrected chi connectivity index (χ3v) is 6.29. The van der Waals surface area contributed by atoms with Gasteiger partial charge < -0.3 is 9.64 Å². The number of nitriles is 1. The molecule has 0 aromatic heterocycles. The van der Waals surface area contributed by atoms with Gasteiger partial charge in [0, 0.05) is 19.6 Å². The number of carbonyl (C=O) groups excluding carboxylic acids is 1. The second kappa shape index (κ2) is 6.89. The Labute approximate surface area is 141 Å². The number of carbonyl (C=O) groups is 1. The number of amides is 1. The summed E-state index contributed by atoms with van der Waals surface area (Å²) in [5.41, 5.74) is 0.284. The molecule has 0 spiro atoms. The standard InChI is InChI=1S/C16H19N3O4S/c17-12-13-3-1-4-14(11-13)24(21,22)19-6-2-5-15(19)16(20)18-7-9-23-10-8-18/h1,3-4,11,15H,2,5-10H2. The summed E-state index contributed by atoms with van der Waals surface area (Å²) in [4.78, 5) is 14.5. The number of sulfonamides is 1. The molecule has 1 unspecified atom stereocenters. The van der Waals surface area contributed by atoms with Crippen LogP contribution in [0.15, 0.2) is 29.2 Å². The minimum atomic E-state index is -3.80. The molecule has 24 heavy (non-hydrogen) atoms. The minimum Gasteiger partial charge on any atom is -0.378 e. The van der Waals surface area contributed by atoms with Gasteiger partial charge in [0.15, 0.2) is 0 Å². The zero-order chi connectivity index (χ0) is 17.2. The van der Waals surface area contributed by atoms with Crippen molar-refractivity contribution in [3.05, 3.63) is 29.8 Å². The van der Waals surface area contributed by atoms with E-state index in [4.69, 9.17) is 10.00 Å². The van der Waals surface area contributed by atoms with Crippen molar-refractivity contribution in [3.63, 3.8) is 0 Å². The Morgan fingerprint density at radius 3 is 2.71 bits per heavy atom. The van der Waals surface area contributed by atoms with Gasteiger partial charge in [0.05, 0.1) is 29.7 Å². The number of rotatable bonds is 3. The van der Waals surface area contributed by atoms with Crippen LogP contribution < -0.4 is 0 Å². The molecule has 7 nitrogen and oxygen atoms in total. The molecule has 2 saturated heterocycles. The number of hydrogen-bond donors (Lipinski definition) is 0. The molecule has 3 rings (SSSR count). The van der Waals surface area contributed by atoms with Gasteiger partial charge in [-0.1, -0.05) is 6.07 Å². The van der Waals surface area contributed by atoms with E-state index in [-0.39, 0.29) is 16.4 Å². The molecule has 2 heterocycles. The lowest BCUT2D eigenvalue weighted by atomic mass is 10.2. The Hall–Kier alpha value is -1.95. The number of benzene rings is 1. The molecule has 0 aliphatic carbocycles. The molecule has 0 saturated carbocycles. The second-order valence-corrected chi connectivity index (χ2v) is 7.74. The first-order valence-electron chi connectivity index (χ1n) is 7.92. The SMILES string of the molecule is N#Cc1cccc(S(=O)(=O)N2CCCC2C(=O)N2CCOCC2)c1. The fourth-order valence-electron chi connectivity index (χ4n) is 3.13. The third kappa shape index (κ3) is 3.15. The van der Waals surface area contributed by atoms with Crippen LogP contribution in [0.1, 0.15) is 18.4 Å². The maximum absolute atomic E-state index is 12.9. The van der Waals surface area contributed by atoms with E-state index in [2.05, 4.69) is 0 Å². The lowest BCUT2D eigenvalue weighted by Gasteiger charge is -2.32. The predicted molar refractivity (Wildman–Crippen MR) is 85.5 cm³/mol. The highest BCUT2D eigenvalue weighted by molar-refractivity contribution is 7.89. The van der Waals surface area contributed by atoms with Crippen LogP contribution >= 0.6 is 0 Å². The molecule has 0 radical (unpaired) electrons. The Morgan fingerprint density at radius 1 is 1.25 bits per heavy atom. The molecule has 1 aromatic carbocycles. The van der Waals surface area contributed by atoms with Crippen molar-refractivity contribution < 1.29 is 17.9 Å². The average Bonchev–Trinajstić information content (AvgIpc) is 3.12. The monoisotopic (exact) mass is 349 g/mol. The average molecular weight is 349 g/mol. The van der Waals surface area contributed by atoms with Crippen molar-refractivity contribution in [2.24, 2.45) is 0 Å². The van der Waals surface area contributed by atoms with Gasteiger partial charge in [0.25, 0.3) is 0 Å². The number of morpholine rings is 1. The first-order chi connectivity index (χ1) is 11.5. The van der Waals surface area contributed by atoms with Crippen LogP contribution in [0.3, 0.4) is 0 Å². The topological polar surface area (TPSA) is 90.7 Å². The van der Waals surface area contributed by atoms with Crippen molar-refractivity contribution in [2.45, 2.75) is 23.8 Å². The summed E-state index contributed by atoms with van der Waals surface area (Å²) in [6, 6.07) is 7.19. The second-order valence-electron chi connectivity index (χ2n) is 5.85. The van der Waals surface area contributed by atoms with Crippen LogP contribution in [0, 0.1) is 11.3 Å². The van der Waals surface area contributed by atoms with Gasteiger partial charge in [-0.25, -0.2) is 8.42 Å². The number of nitrogens with zero attached hydrogens (tertiary/aromatic N) is 3. The zero-order valence-electron chi connectivity index (χ0n) is 13.2. The molecule has 128 valence electrons. The summed E-state index contributed by atoms with van der Waals surface area (Å²) in [6.45, 7) is 2.27. The summed E-state index contributed by atoms with van der Waals surface area (Å²) in [6.07, 6.45) is 1.17. The van der Waals surface area contributed by atoms with Crippen LogP contribution in [0.5, 0.6) is 0 Å². The van der Waals surface area contributed by atoms with Gasteiger partial charge in [-0.3, -0.25) is 4.79 Å². The largest absolute Gasteiger partial charge is 0.378 e. The summed E-state index contributed by atoms with van der Waals surface area (Å²) in [5, 5.41) is 8.97. The summed E-state index contributed by atoms with van der Waals surface area (Å²) < 4.78 is 32.4. The molecule has 8 heteroatoms. The van der Waals surface area contributed by atoms with Gasteiger partial charge in [-0.2, -0.15) is 9.57 Å². The molecule has 2 fully saturated rings. The van der Waals surface area contributed by atoms with Crippen molar-refractivity contribution in [1.29, 1.82) is 5.26 Å². The van der Waals surface area contributed by atoms with Gasteiger partial charge >= 0.3 is 0 Å². The van der Waals surface area contributed by atoms with E-state index in [1.54, 1.807) is 17.0 Å². The van der Waals surface area contributed by atoms with Crippen molar-refractivity contribution >= 4 is 15.9 Å². The number of hydrogen-bond acceptors (Lipinski definition) is 5. The summed E-state index contributed by atoms with van der Waals surface area (Å²) in [5.74, 6) is -0.157. The fourth-order valence-corrected chi connectivity index (χ4v) is 4.83. The highest BCUT2D eigenvalue weighted by Gasteiger charge is 2.41. The number of ether oxygens (including phenoxy) is 1. The Kier molecular flexibility index (Phi) is 4.85. The van der Waals surface area contributed by atoms with E-state index in [1.807, 2.05) is 6.07 Å². The third-order valence-electron chi connectivity index (χ3n) is 4.38. The maximum Gasteiger partial charge on any atom is 0.243 e. The molecule has 1 atom stereocenters. The zero-order valence-corrected chi connectivity index (χ0v) is 14.0. The highest BCUT2D eigenvalue weighted by atomic mass is 32.2. The smallest absolute Gasteiger partial charge is 0.243 e. The van der Waals surface area contributed by atoms with E-state index in [0.717, 1.165) is 0 Å². The minimum absolute atomic E-state index is 0.0585. The summed E-state index contributed by atoms with van der Waals surface area (Å²) in [7, 11) is -3.80. The Bertz CT molecular complexity index is 766. The van der Waals surface area contributed by atoms with Crippen LogP contribution in [-0.4, -0.2) is 62.4 Å². The highest BCUT2D eigenvalue weighted by Crippen LogP contribution is 2.28. The fraction of sp³-hybridized carbons (Fsp3) is 0.500. The van der Waals surface area contributed by atoms with Crippen LogP contribution in [0.2, 0.25) is 0 Å². The quantitative estimate of drug-likeness (QED) is 0.796. The van der Waals surface area contributed by atoms with E-state index < -0.39 is 16.1 Å². The van der Waals surface area contributed by atoms with Gasteiger partial charge in [0.1, 0.15) is 6.04 Å². The molecular formula is C16H19N3O4S. The van der Waals surface area contributed by atoms with Crippen molar-refractivity contribution in [1.82, 2.24) is 9.21 Å². The van der Waals surface area contributed by atoms with Gasteiger partial charge in [-0.15, -0.1) is 0 Å². The first kappa shape index (κ1) is 16.9. The van der Waals surface area contributed by atoms with E-state index in [9.17, 15) is 13.2 Å². The van der Waals surface area contributed by atoms with Crippen LogP contribution in [-0.2, 0) is 19.6 Å². The molecule has 2 aliphatic rings. The van der Waals surface area contributed by atoms with Crippen LogP contribution in [0.25, 0.3) is 0 Å². The molecule has 0 bridgehead atoms. The van der Waals surface area contributed by atoms with E-state index in [1.165, 1.54) is 16.4 Å². The van der Waals surface area contributed by atoms with Crippen LogP contribution in [0.4, 0.5) is 0 Å². The summed E-state index contributed by atoms with van der Waals surface area (Å²) >= 11 is 0. The Balaban J connectivity index is 1.86. The predicted octanol–water partition coefficient (Wildman–Crippen LogP) is 0.570. The van der Waals surface area contributed by atoms with E-state index >= 15 is 0 Å². The first-order valence-corrected chi connectivity index (χ1v) is 9.36. The molecular weight excluding hydrogens is 330 g/mol. The van der Waals surface area contributed by atoms with Gasteiger partial charge in [-0.05, 0) is 31.0 Å². The van der Waals surface area contributed by atoms with E-state index in [0.29, 0.717) is 45.7 Å². The maximum atomic E-state index is 12.9. The van der Waals surface area contributed by atoms with Gasteiger partial charge in [0.2, 0.25) is 15.9 Å². The molecule has 1 amide bonds. The normalized spacial score (nSPS) is 22.3. The molecule has 0 N–H and O–H groups in total. The lowest BCUT2D eigenvalue weighted by molar-refractivity contribution is -0.138. The lowest BCUT2D eigenvalue weighted by Crippen LogP contribution is -2.50. The Morgan fingerprint density at radius 2 is 2.00 bits per heavy atom. The molecule has 1 aromatic rings. The molecule has 2 aliphatic heterocycles. The van der Waals surface area contributed by atoms with Crippen molar-refractivity contribution in [2.75, 3.05) is 32.8 Å².